The van der Waals surface area contributed by atoms with E-state index in [1.165, 1.54) is 11.1 Å². The lowest BCUT2D eigenvalue weighted by Crippen LogP contribution is -1.85. The number of hydrogen-bond acceptors (Lipinski definition) is 0. The normalized spacial score (nSPS) is 9.75. The summed E-state index contributed by atoms with van der Waals surface area (Å²) in [6, 6.07) is 8.42. The first-order chi connectivity index (χ1) is 5.86. The van der Waals surface area contributed by atoms with Gasteiger partial charge in [0, 0.05) is 5.88 Å². The first kappa shape index (κ1) is 9.34. The maximum absolute atomic E-state index is 5.59. The molecule has 0 aliphatic heterocycles. The summed E-state index contributed by atoms with van der Waals surface area (Å²) in [5.41, 5.74) is 2.52. The molecule has 64 valence electrons. The minimum atomic E-state index is 0.739. The van der Waals surface area contributed by atoms with Crippen molar-refractivity contribution in [3.63, 3.8) is 0 Å². The summed E-state index contributed by atoms with van der Waals surface area (Å²) in [5, 5.41) is 0. The molecule has 0 spiro atoms. The smallest absolute Gasteiger partial charge is 0.0226 e. The lowest BCUT2D eigenvalue weighted by atomic mass is 10.1. The highest BCUT2D eigenvalue weighted by Crippen LogP contribution is 2.07. The molecule has 0 unspecified atom stereocenters. The van der Waals surface area contributed by atoms with Gasteiger partial charge in [-0.3, -0.25) is 0 Å². The predicted molar refractivity (Wildman–Crippen MR) is 55.6 cm³/mol. The number of alkyl halides is 1. The van der Waals surface area contributed by atoms with Crippen LogP contribution in [-0.2, 0) is 6.42 Å². The van der Waals surface area contributed by atoms with Gasteiger partial charge < -0.3 is 0 Å². The SMILES string of the molecule is C=Cc1ccc(CCCCl)cc1. The fourth-order valence-corrected chi connectivity index (χ4v) is 1.22. The third-order valence-corrected chi connectivity index (χ3v) is 2.08. The predicted octanol–water partition coefficient (Wildman–Crippen LogP) is 3.50. The van der Waals surface area contributed by atoms with E-state index in [1.807, 2.05) is 6.08 Å². The Morgan fingerprint density at radius 1 is 1.25 bits per heavy atom. The van der Waals surface area contributed by atoms with Gasteiger partial charge in [0.2, 0.25) is 0 Å². The molecule has 1 rings (SSSR count). The summed E-state index contributed by atoms with van der Waals surface area (Å²) in [6.07, 6.45) is 3.97. The Labute approximate surface area is 78.9 Å². The zero-order chi connectivity index (χ0) is 8.81. The van der Waals surface area contributed by atoms with Gasteiger partial charge in [0.1, 0.15) is 0 Å². The molecule has 0 atom stereocenters. The van der Waals surface area contributed by atoms with Crippen LogP contribution in [0, 0.1) is 0 Å². The van der Waals surface area contributed by atoms with E-state index >= 15 is 0 Å². The largest absolute Gasteiger partial charge is 0.127 e. The first-order valence-electron chi connectivity index (χ1n) is 4.14. The molecule has 1 heteroatoms. The molecule has 0 aliphatic rings. The van der Waals surface area contributed by atoms with Crippen molar-refractivity contribution in [1.29, 1.82) is 0 Å². The van der Waals surface area contributed by atoms with Gasteiger partial charge in [-0.05, 0) is 24.0 Å². The molecule has 0 nitrogen and oxygen atoms in total. The monoisotopic (exact) mass is 180 g/mol. The van der Waals surface area contributed by atoms with Crippen LogP contribution in [0.25, 0.3) is 6.08 Å². The molecule has 0 bridgehead atoms. The Bertz CT molecular complexity index is 236. The number of benzene rings is 1. The molecule has 0 saturated heterocycles. The van der Waals surface area contributed by atoms with Crippen molar-refractivity contribution >= 4 is 17.7 Å². The summed E-state index contributed by atoms with van der Waals surface area (Å²) in [7, 11) is 0. The van der Waals surface area contributed by atoms with Crippen molar-refractivity contribution in [2.24, 2.45) is 0 Å². The highest BCUT2D eigenvalue weighted by atomic mass is 35.5. The lowest BCUT2D eigenvalue weighted by Gasteiger charge is -1.99. The molecular formula is C11H13Cl. The van der Waals surface area contributed by atoms with E-state index < -0.39 is 0 Å². The van der Waals surface area contributed by atoms with E-state index in [1.54, 1.807) is 0 Å². The average Bonchev–Trinajstić information content (AvgIpc) is 2.15. The van der Waals surface area contributed by atoms with E-state index in [9.17, 15) is 0 Å². The van der Waals surface area contributed by atoms with Crippen LogP contribution in [0.2, 0.25) is 0 Å². The third kappa shape index (κ3) is 2.71. The van der Waals surface area contributed by atoms with Crippen LogP contribution in [0.4, 0.5) is 0 Å². The summed E-state index contributed by atoms with van der Waals surface area (Å²) in [6.45, 7) is 3.70. The lowest BCUT2D eigenvalue weighted by molar-refractivity contribution is 0.929. The zero-order valence-corrected chi connectivity index (χ0v) is 7.85. The second kappa shape index (κ2) is 5.00. The van der Waals surface area contributed by atoms with Gasteiger partial charge in [-0.15, -0.1) is 11.6 Å². The van der Waals surface area contributed by atoms with Gasteiger partial charge in [-0.2, -0.15) is 0 Å². The minimum absolute atomic E-state index is 0.739. The Hall–Kier alpha value is -0.750. The average molecular weight is 181 g/mol. The maximum atomic E-state index is 5.59. The summed E-state index contributed by atoms with van der Waals surface area (Å²) in [5.74, 6) is 0.739. The topological polar surface area (TPSA) is 0 Å². The van der Waals surface area contributed by atoms with Crippen molar-refractivity contribution in [2.75, 3.05) is 5.88 Å². The van der Waals surface area contributed by atoms with Crippen molar-refractivity contribution in [3.8, 4) is 0 Å². The molecule has 12 heavy (non-hydrogen) atoms. The third-order valence-electron chi connectivity index (χ3n) is 1.81. The molecule has 1 aromatic rings. The Morgan fingerprint density at radius 3 is 2.42 bits per heavy atom. The van der Waals surface area contributed by atoms with Gasteiger partial charge in [-0.1, -0.05) is 36.9 Å². The number of hydrogen-bond donors (Lipinski definition) is 0. The standard InChI is InChI=1S/C11H13Cl/c1-2-10-5-7-11(8-6-10)4-3-9-12/h2,5-8H,1,3-4,9H2. The molecule has 1 aromatic carbocycles. The van der Waals surface area contributed by atoms with Crippen molar-refractivity contribution < 1.29 is 0 Å². The van der Waals surface area contributed by atoms with Crippen LogP contribution in [0.1, 0.15) is 17.5 Å². The molecule has 0 amide bonds. The molecular weight excluding hydrogens is 168 g/mol. The Balaban J connectivity index is 2.58. The second-order valence-electron chi connectivity index (χ2n) is 2.74. The fraction of sp³-hybridized carbons (Fsp3) is 0.273. The van der Waals surface area contributed by atoms with Crippen molar-refractivity contribution in [3.05, 3.63) is 42.0 Å². The molecule has 0 heterocycles. The minimum Gasteiger partial charge on any atom is -0.127 e. The van der Waals surface area contributed by atoms with Crippen molar-refractivity contribution in [1.82, 2.24) is 0 Å². The van der Waals surface area contributed by atoms with Crippen LogP contribution in [0.5, 0.6) is 0 Å². The molecule has 0 N–H and O–H groups in total. The van der Waals surface area contributed by atoms with E-state index in [2.05, 4.69) is 30.8 Å². The van der Waals surface area contributed by atoms with Gasteiger partial charge in [0.15, 0.2) is 0 Å². The number of rotatable bonds is 4. The highest BCUT2D eigenvalue weighted by molar-refractivity contribution is 6.17. The number of aryl methyl sites for hydroxylation is 1. The van der Waals surface area contributed by atoms with Gasteiger partial charge in [0.25, 0.3) is 0 Å². The van der Waals surface area contributed by atoms with Crippen LogP contribution in [-0.4, -0.2) is 5.88 Å². The van der Waals surface area contributed by atoms with E-state index in [-0.39, 0.29) is 0 Å². The summed E-state index contributed by atoms with van der Waals surface area (Å²) < 4.78 is 0. The van der Waals surface area contributed by atoms with Crippen molar-refractivity contribution in [2.45, 2.75) is 12.8 Å². The quantitative estimate of drug-likeness (QED) is 0.623. The van der Waals surface area contributed by atoms with E-state index in [0.29, 0.717) is 0 Å². The molecule has 0 radical (unpaired) electrons. The second-order valence-corrected chi connectivity index (χ2v) is 3.12. The fourth-order valence-electron chi connectivity index (χ4n) is 1.09. The molecule has 0 aliphatic carbocycles. The molecule has 0 saturated carbocycles. The summed E-state index contributed by atoms with van der Waals surface area (Å²) >= 11 is 5.59. The molecule has 0 aromatic heterocycles. The molecule has 0 fully saturated rings. The van der Waals surface area contributed by atoms with Crippen LogP contribution in [0.15, 0.2) is 30.8 Å². The highest BCUT2D eigenvalue weighted by Gasteiger charge is 1.91. The van der Waals surface area contributed by atoms with Crippen LogP contribution < -0.4 is 0 Å². The van der Waals surface area contributed by atoms with Crippen LogP contribution >= 0.6 is 11.6 Å². The number of halogens is 1. The van der Waals surface area contributed by atoms with E-state index in [0.717, 1.165) is 18.7 Å². The van der Waals surface area contributed by atoms with E-state index in [4.69, 9.17) is 11.6 Å². The first-order valence-corrected chi connectivity index (χ1v) is 4.67. The van der Waals surface area contributed by atoms with Gasteiger partial charge in [-0.25, -0.2) is 0 Å². The Morgan fingerprint density at radius 2 is 1.92 bits per heavy atom. The Kier molecular flexibility index (Phi) is 3.89. The maximum Gasteiger partial charge on any atom is 0.0226 e. The zero-order valence-electron chi connectivity index (χ0n) is 7.09. The van der Waals surface area contributed by atoms with Gasteiger partial charge in [0.05, 0.1) is 0 Å². The summed E-state index contributed by atoms with van der Waals surface area (Å²) in [4.78, 5) is 0. The van der Waals surface area contributed by atoms with Gasteiger partial charge >= 0.3 is 0 Å². The van der Waals surface area contributed by atoms with Crippen LogP contribution in [0.3, 0.4) is 0 Å².